The fourth-order valence-corrected chi connectivity index (χ4v) is 7.11. The van der Waals surface area contributed by atoms with Gasteiger partial charge in [0.1, 0.15) is 5.78 Å². The highest BCUT2D eigenvalue weighted by Crippen LogP contribution is 2.65. The van der Waals surface area contributed by atoms with Crippen LogP contribution in [0.15, 0.2) is 12.2 Å². The Hall–Kier alpha value is -0.590. The van der Waals surface area contributed by atoms with Crippen molar-refractivity contribution in [3.63, 3.8) is 0 Å². The number of rotatable bonds is 0. The van der Waals surface area contributed by atoms with E-state index >= 15 is 0 Å². The summed E-state index contributed by atoms with van der Waals surface area (Å²) in [6, 6.07) is 0. The van der Waals surface area contributed by atoms with Gasteiger partial charge in [0.15, 0.2) is 0 Å². The van der Waals surface area contributed by atoms with Crippen LogP contribution in [0.1, 0.15) is 66.2 Å². The number of Topliss-reactive ketones (excluding diaryl/α,β-unsaturated/α-hetero) is 1. The summed E-state index contributed by atoms with van der Waals surface area (Å²) in [5.74, 6) is 4.82. The van der Waals surface area contributed by atoms with Crippen LogP contribution in [0.4, 0.5) is 0 Å². The van der Waals surface area contributed by atoms with Gasteiger partial charge in [0.05, 0.1) is 0 Å². The van der Waals surface area contributed by atoms with Crippen molar-refractivity contribution in [2.75, 3.05) is 0 Å². The zero-order chi connectivity index (χ0) is 15.7. The van der Waals surface area contributed by atoms with Crippen LogP contribution in [-0.4, -0.2) is 5.78 Å². The first-order chi connectivity index (χ1) is 10.4. The summed E-state index contributed by atoms with van der Waals surface area (Å²) in [6.45, 7) is 9.39. The van der Waals surface area contributed by atoms with Gasteiger partial charge in [-0.15, -0.1) is 0 Å². The highest BCUT2D eigenvalue weighted by atomic mass is 16.1. The molecule has 0 spiro atoms. The average molecular weight is 300 g/mol. The zero-order valence-electron chi connectivity index (χ0n) is 14.8. The van der Waals surface area contributed by atoms with Crippen LogP contribution in [0.5, 0.6) is 0 Å². The summed E-state index contributed by atoms with van der Waals surface area (Å²) >= 11 is 0. The molecule has 0 amide bonds. The predicted octanol–water partition coefficient (Wildman–Crippen LogP) is 5.26. The summed E-state index contributed by atoms with van der Waals surface area (Å²) in [5.41, 5.74) is 0.418. The largest absolute Gasteiger partial charge is 0.299 e. The molecule has 4 aliphatic rings. The molecular formula is C21H32O. The van der Waals surface area contributed by atoms with Gasteiger partial charge in [-0.25, -0.2) is 0 Å². The standard InChI is InChI=1S/C21H32O/c1-13-7-9-20(3)15(11-13)5-6-16-17(20)8-10-21(4)18(16)12-14(2)19(21)22/h7,9,13-18H,5-6,8,10-12H2,1-4H3/t13?,14?,15?,16-,17-,18+,20+,21+/m1/s1. The van der Waals surface area contributed by atoms with Gasteiger partial charge in [0.25, 0.3) is 0 Å². The maximum atomic E-state index is 12.7. The van der Waals surface area contributed by atoms with Crippen molar-refractivity contribution < 1.29 is 4.79 Å². The van der Waals surface area contributed by atoms with Crippen molar-refractivity contribution in [2.45, 2.75) is 66.2 Å². The molecule has 0 N–H and O–H groups in total. The summed E-state index contributed by atoms with van der Waals surface area (Å²) in [7, 11) is 0. The molecule has 0 aromatic heterocycles. The van der Waals surface area contributed by atoms with E-state index in [1.807, 2.05) is 0 Å². The number of allylic oxidation sites excluding steroid dienone is 2. The smallest absolute Gasteiger partial charge is 0.141 e. The van der Waals surface area contributed by atoms with Gasteiger partial charge < -0.3 is 0 Å². The van der Waals surface area contributed by atoms with Crippen molar-refractivity contribution in [1.29, 1.82) is 0 Å². The lowest BCUT2D eigenvalue weighted by atomic mass is 9.46. The topological polar surface area (TPSA) is 17.1 Å². The molecule has 4 aliphatic carbocycles. The highest BCUT2D eigenvalue weighted by Gasteiger charge is 2.60. The Kier molecular flexibility index (Phi) is 3.20. The molecule has 0 heterocycles. The number of carbonyl (C=O) groups excluding carboxylic acids is 1. The Morgan fingerprint density at radius 2 is 1.82 bits per heavy atom. The van der Waals surface area contributed by atoms with E-state index in [0.29, 0.717) is 23.0 Å². The molecule has 0 aliphatic heterocycles. The number of hydrogen-bond donors (Lipinski definition) is 0. The first-order valence-corrected chi connectivity index (χ1v) is 9.60. The molecule has 1 nitrogen and oxygen atoms in total. The van der Waals surface area contributed by atoms with Gasteiger partial charge in [-0.2, -0.15) is 0 Å². The lowest BCUT2D eigenvalue weighted by molar-refractivity contribution is -0.136. The van der Waals surface area contributed by atoms with Crippen LogP contribution in [0.25, 0.3) is 0 Å². The number of fused-ring (bicyclic) bond motifs is 5. The van der Waals surface area contributed by atoms with E-state index in [-0.39, 0.29) is 5.41 Å². The number of hydrogen-bond acceptors (Lipinski definition) is 1. The minimum absolute atomic E-state index is 0.00938. The van der Waals surface area contributed by atoms with E-state index in [4.69, 9.17) is 0 Å². The summed E-state index contributed by atoms with van der Waals surface area (Å²) in [4.78, 5) is 12.7. The normalized spacial score (nSPS) is 57.2. The lowest BCUT2D eigenvalue weighted by Gasteiger charge is -2.58. The minimum Gasteiger partial charge on any atom is -0.299 e. The number of ketones is 1. The zero-order valence-corrected chi connectivity index (χ0v) is 14.8. The van der Waals surface area contributed by atoms with Crippen LogP contribution in [0.3, 0.4) is 0 Å². The van der Waals surface area contributed by atoms with Gasteiger partial charge in [-0.05, 0) is 73.5 Å². The molecule has 22 heavy (non-hydrogen) atoms. The molecule has 122 valence electrons. The van der Waals surface area contributed by atoms with E-state index in [2.05, 4.69) is 39.8 Å². The fraction of sp³-hybridized carbons (Fsp3) is 0.857. The third-order valence-corrected chi connectivity index (χ3v) is 8.41. The van der Waals surface area contributed by atoms with Crippen LogP contribution in [0, 0.1) is 46.3 Å². The van der Waals surface area contributed by atoms with Crippen molar-refractivity contribution in [3.05, 3.63) is 12.2 Å². The van der Waals surface area contributed by atoms with Gasteiger partial charge >= 0.3 is 0 Å². The monoisotopic (exact) mass is 300 g/mol. The Bertz CT molecular complexity index is 520. The average Bonchev–Trinajstić information content (AvgIpc) is 2.72. The maximum Gasteiger partial charge on any atom is 0.141 e. The minimum atomic E-state index is 0.00938. The molecular weight excluding hydrogens is 268 g/mol. The van der Waals surface area contributed by atoms with Gasteiger partial charge in [0.2, 0.25) is 0 Å². The van der Waals surface area contributed by atoms with Crippen LogP contribution in [-0.2, 0) is 4.79 Å². The molecule has 8 atom stereocenters. The van der Waals surface area contributed by atoms with Gasteiger partial charge in [0, 0.05) is 11.3 Å². The van der Waals surface area contributed by atoms with Crippen LogP contribution in [0.2, 0.25) is 0 Å². The quantitative estimate of drug-likeness (QED) is 0.558. The SMILES string of the molecule is CC1C=C[C@@]2(C)C(CC[C@@H]3[C@H]2CC[C@]2(C)C(=O)C(C)C[C@@H]32)C1. The van der Waals surface area contributed by atoms with Crippen molar-refractivity contribution >= 4 is 5.78 Å². The van der Waals surface area contributed by atoms with Crippen LogP contribution >= 0.6 is 0 Å². The Balaban J connectivity index is 1.68. The third kappa shape index (κ3) is 1.80. The molecule has 0 aromatic rings. The Labute approximate surface area is 135 Å². The second-order valence-corrected chi connectivity index (χ2v) is 9.55. The summed E-state index contributed by atoms with van der Waals surface area (Å²) in [6.07, 6.45) is 12.8. The molecule has 0 bridgehead atoms. The molecule has 4 rings (SSSR count). The first kappa shape index (κ1) is 15.0. The molecule has 0 saturated heterocycles. The third-order valence-electron chi connectivity index (χ3n) is 8.41. The van der Waals surface area contributed by atoms with E-state index in [1.54, 1.807) is 0 Å². The first-order valence-electron chi connectivity index (χ1n) is 9.60. The van der Waals surface area contributed by atoms with Crippen molar-refractivity contribution in [3.8, 4) is 0 Å². The highest BCUT2D eigenvalue weighted by molar-refractivity contribution is 5.89. The molecule has 0 radical (unpaired) electrons. The van der Waals surface area contributed by atoms with E-state index < -0.39 is 0 Å². The van der Waals surface area contributed by atoms with Crippen LogP contribution < -0.4 is 0 Å². The summed E-state index contributed by atoms with van der Waals surface area (Å²) < 4.78 is 0. The van der Waals surface area contributed by atoms with Gasteiger partial charge in [-0.1, -0.05) is 39.8 Å². The van der Waals surface area contributed by atoms with Crippen molar-refractivity contribution in [1.82, 2.24) is 0 Å². The molecule has 3 unspecified atom stereocenters. The lowest BCUT2D eigenvalue weighted by Crippen LogP contribution is -2.52. The second-order valence-electron chi connectivity index (χ2n) is 9.55. The van der Waals surface area contributed by atoms with E-state index in [0.717, 1.165) is 36.5 Å². The Morgan fingerprint density at radius 1 is 1.05 bits per heavy atom. The van der Waals surface area contributed by atoms with E-state index in [1.165, 1.54) is 25.7 Å². The van der Waals surface area contributed by atoms with Gasteiger partial charge in [-0.3, -0.25) is 4.79 Å². The van der Waals surface area contributed by atoms with E-state index in [9.17, 15) is 4.79 Å². The van der Waals surface area contributed by atoms with Crippen molar-refractivity contribution in [2.24, 2.45) is 46.3 Å². The molecule has 3 saturated carbocycles. The number of carbonyl (C=O) groups is 1. The molecule has 0 aromatic carbocycles. The second kappa shape index (κ2) is 4.71. The Morgan fingerprint density at radius 3 is 2.59 bits per heavy atom. The predicted molar refractivity (Wildman–Crippen MR) is 90.4 cm³/mol. The summed E-state index contributed by atoms with van der Waals surface area (Å²) in [5, 5.41) is 0. The fourth-order valence-electron chi connectivity index (χ4n) is 7.11. The maximum absolute atomic E-state index is 12.7. The molecule has 3 fully saturated rings. The molecule has 1 heteroatoms.